The maximum Gasteiger partial charge on any atom is 0.0811 e. The second-order valence-electron chi connectivity index (χ2n) is 2.16. The number of rotatable bonds is 3. The summed E-state index contributed by atoms with van der Waals surface area (Å²) in [7, 11) is 0. The molecule has 58 valence electrons. The Morgan fingerprint density at radius 2 is 2.64 bits per heavy atom. The predicted octanol–water partition coefficient (Wildman–Crippen LogP) is 1.63. The second kappa shape index (κ2) is 4.86. The molecule has 0 radical (unpaired) electrons. The van der Waals surface area contributed by atoms with Crippen LogP contribution in [0.3, 0.4) is 0 Å². The van der Waals surface area contributed by atoms with Gasteiger partial charge in [-0.2, -0.15) is 5.26 Å². The van der Waals surface area contributed by atoms with Crippen LogP contribution < -0.4 is 5.32 Å². The monoisotopic (exact) mass is 166 g/mol. The predicted molar refractivity (Wildman–Crippen MR) is 47.9 cm³/mol. The molecule has 11 heavy (non-hydrogen) atoms. The number of dihydropyridines is 1. The number of nitriles is 1. The van der Waals surface area contributed by atoms with Crippen LogP contribution in [0.25, 0.3) is 0 Å². The third-order valence-corrected chi connectivity index (χ3v) is 2.16. The lowest BCUT2D eigenvalue weighted by atomic mass is 10.3. The van der Waals surface area contributed by atoms with Gasteiger partial charge in [0.2, 0.25) is 0 Å². The summed E-state index contributed by atoms with van der Waals surface area (Å²) in [6.07, 6.45) is 7.17. The van der Waals surface area contributed by atoms with E-state index in [9.17, 15) is 0 Å². The number of nitrogens with zero attached hydrogens (tertiary/aromatic N) is 1. The molecule has 0 aromatic carbocycles. The van der Waals surface area contributed by atoms with Gasteiger partial charge in [-0.05, 0) is 12.6 Å². The van der Waals surface area contributed by atoms with Crippen molar-refractivity contribution >= 4 is 11.8 Å². The zero-order chi connectivity index (χ0) is 7.94. The van der Waals surface area contributed by atoms with Crippen molar-refractivity contribution in [3.05, 3.63) is 24.0 Å². The van der Waals surface area contributed by atoms with Crippen molar-refractivity contribution < 1.29 is 0 Å². The summed E-state index contributed by atoms with van der Waals surface area (Å²) in [5, 5.41) is 11.4. The van der Waals surface area contributed by atoms with Gasteiger partial charge in [0.25, 0.3) is 0 Å². The van der Waals surface area contributed by atoms with Crippen molar-refractivity contribution in [2.45, 2.75) is 6.42 Å². The molecule has 1 rings (SSSR count). The van der Waals surface area contributed by atoms with Crippen molar-refractivity contribution in [2.24, 2.45) is 0 Å². The van der Waals surface area contributed by atoms with Crippen LogP contribution >= 0.6 is 11.8 Å². The summed E-state index contributed by atoms with van der Waals surface area (Å²) in [5.41, 5.74) is 1.22. The van der Waals surface area contributed by atoms with Crippen molar-refractivity contribution in [1.82, 2.24) is 5.32 Å². The molecule has 0 atom stereocenters. The first-order valence-electron chi connectivity index (χ1n) is 3.49. The van der Waals surface area contributed by atoms with Crippen LogP contribution in [0.2, 0.25) is 0 Å². The maximum absolute atomic E-state index is 8.27. The zero-order valence-corrected chi connectivity index (χ0v) is 7.03. The van der Waals surface area contributed by atoms with Crippen LogP contribution in [0.15, 0.2) is 24.0 Å². The summed E-state index contributed by atoms with van der Waals surface area (Å²) in [5.74, 6) is 1.49. The Bertz CT molecular complexity index is 213. The van der Waals surface area contributed by atoms with Crippen LogP contribution in [-0.2, 0) is 0 Å². The molecule has 1 heterocycles. The fraction of sp³-hybridized carbons (Fsp3) is 0.375. The van der Waals surface area contributed by atoms with E-state index in [2.05, 4.69) is 23.5 Å². The van der Waals surface area contributed by atoms with Crippen molar-refractivity contribution in [2.75, 3.05) is 11.5 Å². The topological polar surface area (TPSA) is 35.8 Å². The van der Waals surface area contributed by atoms with Gasteiger partial charge in [0.15, 0.2) is 0 Å². The highest BCUT2D eigenvalue weighted by atomic mass is 32.2. The van der Waals surface area contributed by atoms with Gasteiger partial charge < -0.3 is 5.32 Å². The molecule has 0 aromatic rings. The summed E-state index contributed by atoms with van der Waals surface area (Å²) in [6, 6.07) is 2.10. The maximum atomic E-state index is 8.27. The fourth-order valence-electron chi connectivity index (χ4n) is 0.810. The average Bonchev–Trinajstić information content (AvgIpc) is 2.07. The number of hydrogen-bond acceptors (Lipinski definition) is 3. The van der Waals surface area contributed by atoms with Gasteiger partial charge in [-0.1, -0.05) is 12.2 Å². The Hall–Kier alpha value is -0.880. The molecular weight excluding hydrogens is 156 g/mol. The van der Waals surface area contributed by atoms with Crippen LogP contribution in [0.5, 0.6) is 0 Å². The molecule has 1 N–H and O–H groups in total. The minimum Gasteiger partial charge on any atom is -0.365 e. The van der Waals surface area contributed by atoms with Gasteiger partial charge in [-0.15, -0.1) is 11.8 Å². The normalized spacial score (nSPS) is 15.0. The minimum atomic E-state index is 0.572. The molecule has 0 aliphatic carbocycles. The average molecular weight is 166 g/mol. The highest BCUT2D eigenvalue weighted by Gasteiger charge is 1.96. The van der Waals surface area contributed by atoms with E-state index in [1.165, 1.54) is 5.70 Å². The Balaban J connectivity index is 2.17. The first kappa shape index (κ1) is 8.22. The van der Waals surface area contributed by atoms with Crippen molar-refractivity contribution in [3.63, 3.8) is 0 Å². The molecule has 0 unspecified atom stereocenters. The zero-order valence-electron chi connectivity index (χ0n) is 6.21. The van der Waals surface area contributed by atoms with Gasteiger partial charge in [0.05, 0.1) is 11.8 Å². The van der Waals surface area contributed by atoms with Gasteiger partial charge in [0, 0.05) is 11.4 Å². The third kappa shape index (κ3) is 3.15. The SMILES string of the molecule is N#CCSCC1=CCC=CN1. The molecule has 0 saturated heterocycles. The fourth-order valence-corrected chi connectivity index (χ4v) is 1.42. The summed E-state index contributed by atoms with van der Waals surface area (Å²) >= 11 is 1.63. The minimum absolute atomic E-state index is 0.572. The first-order chi connectivity index (χ1) is 5.43. The molecule has 0 aromatic heterocycles. The largest absolute Gasteiger partial charge is 0.365 e. The third-order valence-electron chi connectivity index (χ3n) is 1.31. The van der Waals surface area contributed by atoms with Crippen molar-refractivity contribution in [1.29, 1.82) is 5.26 Å². The van der Waals surface area contributed by atoms with Crippen LogP contribution in [0.1, 0.15) is 6.42 Å². The van der Waals surface area contributed by atoms with Crippen LogP contribution in [-0.4, -0.2) is 11.5 Å². The number of allylic oxidation sites excluding steroid dienone is 2. The van der Waals surface area contributed by atoms with Crippen LogP contribution in [0.4, 0.5) is 0 Å². The summed E-state index contributed by atoms with van der Waals surface area (Å²) in [4.78, 5) is 0. The van der Waals surface area contributed by atoms with Gasteiger partial charge in [-0.25, -0.2) is 0 Å². The van der Waals surface area contributed by atoms with E-state index in [0.29, 0.717) is 5.75 Å². The number of thioether (sulfide) groups is 1. The van der Waals surface area contributed by atoms with Gasteiger partial charge in [-0.3, -0.25) is 0 Å². The second-order valence-corrected chi connectivity index (χ2v) is 3.15. The molecule has 0 amide bonds. The van der Waals surface area contributed by atoms with Gasteiger partial charge in [0.1, 0.15) is 0 Å². The molecule has 0 spiro atoms. The molecular formula is C8H10N2S. The molecule has 0 saturated carbocycles. The highest BCUT2D eigenvalue weighted by Crippen LogP contribution is 2.08. The first-order valence-corrected chi connectivity index (χ1v) is 4.64. The number of nitrogens with one attached hydrogen (secondary N) is 1. The lowest BCUT2D eigenvalue weighted by Gasteiger charge is -2.08. The quantitative estimate of drug-likeness (QED) is 0.647. The molecule has 1 aliphatic rings. The molecule has 0 fully saturated rings. The number of hydrogen-bond donors (Lipinski definition) is 1. The van der Waals surface area contributed by atoms with Crippen LogP contribution in [0, 0.1) is 11.3 Å². The van der Waals surface area contributed by atoms with Crippen molar-refractivity contribution in [3.8, 4) is 6.07 Å². The lowest BCUT2D eigenvalue weighted by molar-refractivity contribution is 1.01. The summed E-state index contributed by atoms with van der Waals surface area (Å²) < 4.78 is 0. The highest BCUT2D eigenvalue weighted by molar-refractivity contribution is 7.99. The van der Waals surface area contributed by atoms with E-state index in [1.54, 1.807) is 11.8 Å². The van der Waals surface area contributed by atoms with Gasteiger partial charge >= 0.3 is 0 Å². The van der Waals surface area contributed by atoms with E-state index in [-0.39, 0.29) is 0 Å². The lowest BCUT2D eigenvalue weighted by Crippen LogP contribution is -2.09. The Labute approximate surface area is 71.0 Å². The van der Waals surface area contributed by atoms with E-state index < -0.39 is 0 Å². The smallest absolute Gasteiger partial charge is 0.0811 e. The molecule has 2 nitrogen and oxygen atoms in total. The Morgan fingerprint density at radius 1 is 1.73 bits per heavy atom. The van der Waals surface area contributed by atoms with E-state index in [0.717, 1.165) is 12.2 Å². The summed E-state index contributed by atoms with van der Waals surface area (Å²) in [6.45, 7) is 0. The van der Waals surface area contributed by atoms with E-state index in [4.69, 9.17) is 5.26 Å². The molecule has 3 heteroatoms. The molecule has 1 aliphatic heterocycles. The Kier molecular flexibility index (Phi) is 3.63. The standard InChI is InChI=1S/C8H10N2S/c9-4-6-11-7-8-3-1-2-5-10-8/h2-3,5,10H,1,6-7H2. The Morgan fingerprint density at radius 3 is 3.27 bits per heavy atom. The van der Waals surface area contributed by atoms with E-state index >= 15 is 0 Å². The molecule has 0 bridgehead atoms. The van der Waals surface area contributed by atoms with E-state index in [1.807, 2.05) is 6.20 Å².